The van der Waals surface area contributed by atoms with E-state index in [2.05, 4.69) is 0 Å². The summed E-state index contributed by atoms with van der Waals surface area (Å²) in [6, 6.07) is 9.15. The number of alkyl halides is 3. The van der Waals surface area contributed by atoms with E-state index in [1.54, 1.807) is 6.07 Å². The summed E-state index contributed by atoms with van der Waals surface area (Å²) in [6.07, 6.45) is -4.49. The normalized spacial score (nSPS) is 10.9. The standard InChI is InChI=1S/C14H7F4NO/c15-11-4-9(8-19)5-13(7-11)20-12-3-1-2-10(6-12)14(16,17)18/h1-7H. The zero-order valence-electron chi connectivity index (χ0n) is 9.91. The van der Waals surface area contributed by atoms with Gasteiger partial charge < -0.3 is 4.74 Å². The minimum absolute atomic E-state index is 0.0203. The van der Waals surface area contributed by atoms with Gasteiger partial charge in [0.1, 0.15) is 17.3 Å². The topological polar surface area (TPSA) is 33.0 Å². The van der Waals surface area contributed by atoms with Gasteiger partial charge in [-0.2, -0.15) is 18.4 Å². The lowest BCUT2D eigenvalue weighted by molar-refractivity contribution is -0.137. The third-order valence-corrected chi connectivity index (χ3v) is 2.40. The van der Waals surface area contributed by atoms with Crippen molar-refractivity contribution in [2.75, 3.05) is 0 Å². The lowest BCUT2D eigenvalue weighted by Gasteiger charge is -2.10. The van der Waals surface area contributed by atoms with Gasteiger partial charge >= 0.3 is 6.18 Å². The minimum Gasteiger partial charge on any atom is -0.457 e. The van der Waals surface area contributed by atoms with E-state index in [4.69, 9.17) is 10.00 Å². The van der Waals surface area contributed by atoms with Crippen LogP contribution in [0.15, 0.2) is 42.5 Å². The van der Waals surface area contributed by atoms with Crippen molar-refractivity contribution in [3.8, 4) is 17.6 Å². The number of hydrogen-bond acceptors (Lipinski definition) is 2. The first-order chi connectivity index (χ1) is 9.38. The summed E-state index contributed by atoms with van der Waals surface area (Å²) in [4.78, 5) is 0. The van der Waals surface area contributed by atoms with Crippen molar-refractivity contribution < 1.29 is 22.3 Å². The number of nitrogens with zero attached hydrogens (tertiary/aromatic N) is 1. The average Bonchev–Trinajstić information content (AvgIpc) is 2.37. The van der Waals surface area contributed by atoms with Gasteiger partial charge in [-0.3, -0.25) is 0 Å². The molecule has 0 heterocycles. The lowest BCUT2D eigenvalue weighted by Crippen LogP contribution is -2.04. The van der Waals surface area contributed by atoms with Crippen LogP contribution in [0.25, 0.3) is 0 Å². The van der Waals surface area contributed by atoms with Gasteiger partial charge in [0.2, 0.25) is 0 Å². The highest BCUT2D eigenvalue weighted by Gasteiger charge is 2.30. The van der Waals surface area contributed by atoms with Gasteiger partial charge in [0.05, 0.1) is 17.2 Å². The number of hydrogen-bond donors (Lipinski definition) is 0. The van der Waals surface area contributed by atoms with Crippen LogP contribution < -0.4 is 4.74 Å². The van der Waals surface area contributed by atoms with Crippen LogP contribution in [0.3, 0.4) is 0 Å². The maximum atomic E-state index is 13.2. The molecule has 0 N–H and O–H groups in total. The van der Waals surface area contributed by atoms with Crippen molar-refractivity contribution >= 4 is 0 Å². The number of halogens is 4. The fraction of sp³-hybridized carbons (Fsp3) is 0.0714. The molecule has 6 heteroatoms. The van der Waals surface area contributed by atoms with Crippen LogP contribution in [0.2, 0.25) is 0 Å². The second-order valence-corrected chi connectivity index (χ2v) is 3.92. The highest BCUT2D eigenvalue weighted by atomic mass is 19.4. The first-order valence-corrected chi connectivity index (χ1v) is 5.44. The fourth-order valence-corrected chi connectivity index (χ4v) is 1.56. The molecule has 0 aromatic heterocycles. The molecule has 2 aromatic carbocycles. The van der Waals surface area contributed by atoms with E-state index >= 15 is 0 Å². The van der Waals surface area contributed by atoms with Crippen LogP contribution in [-0.4, -0.2) is 0 Å². The molecule has 0 amide bonds. The maximum Gasteiger partial charge on any atom is 0.416 e. The van der Waals surface area contributed by atoms with Gasteiger partial charge in [-0.15, -0.1) is 0 Å². The van der Waals surface area contributed by atoms with Crippen molar-refractivity contribution in [2.45, 2.75) is 6.18 Å². The molecular weight excluding hydrogens is 274 g/mol. The second-order valence-electron chi connectivity index (χ2n) is 3.92. The average molecular weight is 281 g/mol. The molecule has 0 aliphatic heterocycles. The van der Waals surface area contributed by atoms with Crippen molar-refractivity contribution in [3.63, 3.8) is 0 Å². The summed E-state index contributed by atoms with van der Waals surface area (Å²) in [5, 5.41) is 8.68. The molecule has 2 nitrogen and oxygen atoms in total. The molecule has 0 aliphatic rings. The van der Waals surface area contributed by atoms with E-state index < -0.39 is 17.6 Å². The van der Waals surface area contributed by atoms with Gasteiger partial charge in [0.25, 0.3) is 0 Å². The largest absolute Gasteiger partial charge is 0.457 e. The summed E-state index contributed by atoms with van der Waals surface area (Å²) < 4.78 is 55.9. The Bertz CT molecular complexity index is 674. The lowest BCUT2D eigenvalue weighted by atomic mass is 10.2. The molecule has 0 spiro atoms. The minimum atomic E-state index is -4.49. The Morgan fingerprint density at radius 2 is 1.75 bits per heavy atom. The molecule has 0 saturated carbocycles. The predicted octanol–water partition coefficient (Wildman–Crippen LogP) is 4.51. The summed E-state index contributed by atoms with van der Waals surface area (Å²) in [5.41, 5.74) is -0.848. The molecule has 2 rings (SSSR count). The molecular formula is C14H7F4NO. The van der Waals surface area contributed by atoms with Gasteiger partial charge in [-0.05, 0) is 30.3 Å². The van der Waals surface area contributed by atoms with E-state index in [9.17, 15) is 17.6 Å². The first kappa shape index (κ1) is 13.9. The molecule has 0 bridgehead atoms. The van der Waals surface area contributed by atoms with Crippen LogP contribution in [0.1, 0.15) is 11.1 Å². The van der Waals surface area contributed by atoms with Crippen LogP contribution >= 0.6 is 0 Å². The van der Waals surface area contributed by atoms with Gasteiger partial charge in [-0.1, -0.05) is 6.07 Å². The highest BCUT2D eigenvalue weighted by molar-refractivity contribution is 5.40. The first-order valence-electron chi connectivity index (χ1n) is 5.44. The van der Waals surface area contributed by atoms with E-state index in [0.29, 0.717) is 0 Å². The summed E-state index contributed by atoms with van der Waals surface area (Å²) in [7, 11) is 0. The van der Waals surface area contributed by atoms with E-state index in [1.165, 1.54) is 18.2 Å². The predicted molar refractivity (Wildman–Crippen MR) is 62.6 cm³/mol. The quantitative estimate of drug-likeness (QED) is 0.759. The zero-order valence-corrected chi connectivity index (χ0v) is 9.91. The van der Waals surface area contributed by atoms with Crippen LogP contribution in [0.5, 0.6) is 11.5 Å². The Kier molecular flexibility index (Phi) is 3.61. The molecule has 0 atom stereocenters. The molecule has 0 aliphatic carbocycles. The Labute approximate surface area is 111 Å². The zero-order chi connectivity index (χ0) is 14.8. The Morgan fingerprint density at radius 3 is 2.40 bits per heavy atom. The van der Waals surface area contributed by atoms with Gasteiger partial charge in [0.15, 0.2) is 0 Å². The van der Waals surface area contributed by atoms with Crippen LogP contribution in [0.4, 0.5) is 17.6 Å². The maximum absolute atomic E-state index is 13.2. The molecule has 0 unspecified atom stereocenters. The Balaban J connectivity index is 2.31. The summed E-state index contributed by atoms with van der Waals surface area (Å²) >= 11 is 0. The smallest absolute Gasteiger partial charge is 0.416 e. The Morgan fingerprint density at radius 1 is 1.00 bits per heavy atom. The summed E-state index contributed by atoms with van der Waals surface area (Å²) in [5.74, 6) is -0.832. The van der Waals surface area contributed by atoms with Crippen molar-refractivity contribution in [1.29, 1.82) is 5.26 Å². The van der Waals surface area contributed by atoms with Crippen molar-refractivity contribution in [1.82, 2.24) is 0 Å². The summed E-state index contributed by atoms with van der Waals surface area (Å²) in [6.45, 7) is 0. The van der Waals surface area contributed by atoms with Gasteiger partial charge in [0, 0.05) is 6.07 Å². The third-order valence-electron chi connectivity index (χ3n) is 2.40. The number of nitriles is 1. The van der Waals surface area contributed by atoms with E-state index in [1.807, 2.05) is 0 Å². The Hall–Kier alpha value is -2.55. The SMILES string of the molecule is N#Cc1cc(F)cc(Oc2cccc(C(F)(F)F)c2)c1. The third kappa shape index (κ3) is 3.26. The number of benzene rings is 2. The van der Waals surface area contributed by atoms with E-state index in [-0.39, 0.29) is 17.1 Å². The molecule has 20 heavy (non-hydrogen) atoms. The van der Waals surface area contributed by atoms with Gasteiger partial charge in [-0.25, -0.2) is 4.39 Å². The van der Waals surface area contributed by atoms with Crippen LogP contribution in [-0.2, 0) is 6.18 Å². The van der Waals surface area contributed by atoms with Crippen molar-refractivity contribution in [3.05, 3.63) is 59.4 Å². The second kappa shape index (κ2) is 5.21. The molecule has 0 saturated heterocycles. The highest BCUT2D eigenvalue weighted by Crippen LogP contribution is 2.32. The monoisotopic (exact) mass is 281 g/mol. The number of rotatable bonds is 2. The molecule has 102 valence electrons. The van der Waals surface area contributed by atoms with Crippen LogP contribution in [0, 0.1) is 17.1 Å². The molecule has 2 aromatic rings. The fourth-order valence-electron chi connectivity index (χ4n) is 1.56. The van der Waals surface area contributed by atoms with Crippen molar-refractivity contribution in [2.24, 2.45) is 0 Å². The van der Waals surface area contributed by atoms with E-state index in [0.717, 1.165) is 24.3 Å². The molecule has 0 radical (unpaired) electrons. The number of ether oxygens (including phenoxy) is 1. The molecule has 0 fully saturated rings.